The monoisotopic (exact) mass is 232 g/mol. The fourth-order valence-electron chi connectivity index (χ4n) is 0.386. The first-order valence-electron chi connectivity index (χ1n) is 3.56. The molecule has 8 heteroatoms. The van der Waals surface area contributed by atoms with Crippen molar-refractivity contribution in [2.75, 3.05) is 6.26 Å². The Kier molecular flexibility index (Phi) is 6.68. The minimum atomic E-state index is -0.0923. The molecule has 0 saturated heterocycles. The number of hydrogen-bond donors (Lipinski definition) is 3. The van der Waals surface area contributed by atoms with Gasteiger partial charge in [0, 0.05) is 0 Å². The minimum absolute atomic E-state index is 0.0923. The predicted octanol–water partition coefficient (Wildman–Crippen LogP) is -0.141. The zero-order valence-electron chi connectivity index (χ0n) is 7.89. The topological polar surface area (TPSA) is 101 Å². The largest absolute Gasteiger partial charge is 0.369 e. The van der Waals surface area contributed by atoms with Crippen LogP contribution in [0.2, 0.25) is 0 Å². The van der Waals surface area contributed by atoms with Gasteiger partial charge in [-0.05, 0) is 13.2 Å². The molecule has 0 saturated carbocycles. The van der Waals surface area contributed by atoms with Gasteiger partial charge in [0.05, 0.1) is 11.9 Å². The number of hydrazone groups is 1. The van der Waals surface area contributed by atoms with E-state index in [2.05, 4.69) is 20.7 Å². The van der Waals surface area contributed by atoms with Crippen molar-refractivity contribution in [2.45, 2.75) is 6.92 Å². The fourth-order valence-corrected chi connectivity index (χ4v) is 0.583. The van der Waals surface area contributed by atoms with E-state index in [1.807, 2.05) is 6.26 Å². The molecule has 0 aromatic carbocycles. The minimum Gasteiger partial charge on any atom is -0.369 e. The Balaban J connectivity index is 4.05. The molecule has 0 aliphatic rings. The van der Waals surface area contributed by atoms with Crippen molar-refractivity contribution >= 4 is 46.2 Å². The van der Waals surface area contributed by atoms with Crippen LogP contribution in [-0.2, 0) is 0 Å². The number of nitrogens with one attached hydrogen (secondary N) is 1. The highest BCUT2D eigenvalue weighted by Gasteiger charge is 1.87. The maximum atomic E-state index is 5.08. The van der Waals surface area contributed by atoms with Crippen LogP contribution in [0.1, 0.15) is 6.92 Å². The van der Waals surface area contributed by atoms with Crippen LogP contribution in [0.15, 0.2) is 15.3 Å². The van der Waals surface area contributed by atoms with E-state index < -0.39 is 0 Å². The van der Waals surface area contributed by atoms with Crippen molar-refractivity contribution in [1.29, 1.82) is 0 Å². The van der Waals surface area contributed by atoms with Gasteiger partial charge in [0.25, 0.3) is 0 Å². The quantitative estimate of drug-likeness (QED) is 0.272. The van der Waals surface area contributed by atoms with Gasteiger partial charge in [0.2, 0.25) is 5.96 Å². The summed E-state index contributed by atoms with van der Waals surface area (Å²) in [6.45, 7) is 1.71. The third kappa shape index (κ3) is 7.50. The molecule has 14 heavy (non-hydrogen) atoms. The third-order valence-corrected chi connectivity index (χ3v) is 1.97. The Hall–Kier alpha value is -1.15. The van der Waals surface area contributed by atoms with Crippen LogP contribution in [0, 0.1) is 0 Å². The lowest BCUT2D eigenvalue weighted by molar-refractivity contribution is 1.08. The molecule has 78 valence electrons. The van der Waals surface area contributed by atoms with E-state index in [0.29, 0.717) is 10.0 Å². The van der Waals surface area contributed by atoms with Crippen molar-refractivity contribution < 1.29 is 0 Å². The highest BCUT2D eigenvalue weighted by atomic mass is 32.2. The van der Waals surface area contributed by atoms with Crippen LogP contribution in [-0.4, -0.2) is 28.5 Å². The van der Waals surface area contributed by atoms with Crippen molar-refractivity contribution in [3.63, 3.8) is 0 Å². The molecule has 0 amide bonds. The molecule has 0 aromatic heterocycles. The zero-order chi connectivity index (χ0) is 11.0. The Labute approximate surface area is 91.9 Å². The molecular weight excluding hydrogens is 220 g/mol. The molecule has 0 atom stereocenters. The molecule has 0 radical (unpaired) electrons. The van der Waals surface area contributed by atoms with Gasteiger partial charge in [-0.25, -0.2) is 0 Å². The maximum absolute atomic E-state index is 5.08. The van der Waals surface area contributed by atoms with E-state index in [0.717, 1.165) is 0 Å². The average molecular weight is 232 g/mol. The molecule has 0 bridgehead atoms. The summed E-state index contributed by atoms with van der Waals surface area (Å²) in [5, 5.41) is 10.9. The molecule has 6 nitrogen and oxygen atoms in total. The van der Waals surface area contributed by atoms with E-state index in [4.69, 9.17) is 23.7 Å². The summed E-state index contributed by atoms with van der Waals surface area (Å²) in [5.41, 5.74) is 13.3. The van der Waals surface area contributed by atoms with Gasteiger partial charge < -0.3 is 11.5 Å². The van der Waals surface area contributed by atoms with Crippen molar-refractivity contribution in [3.8, 4) is 0 Å². The van der Waals surface area contributed by atoms with Crippen LogP contribution in [0.25, 0.3) is 0 Å². The summed E-state index contributed by atoms with van der Waals surface area (Å²) in [6.07, 6.45) is 3.32. The number of nitrogens with two attached hydrogens (primary N) is 2. The predicted molar refractivity (Wildman–Crippen MR) is 66.7 cm³/mol. The van der Waals surface area contributed by atoms with Crippen molar-refractivity contribution in [3.05, 3.63) is 0 Å². The zero-order valence-corrected chi connectivity index (χ0v) is 9.52. The summed E-state index contributed by atoms with van der Waals surface area (Å²) >= 11 is 6.24. The molecule has 0 aromatic rings. The van der Waals surface area contributed by atoms with Crippen LogP contribution >= 0.6 is 24.0 Å². The summed E-state index contributed by atoms with van der Waals surface area (Å²) in [7, 11) is 0. The lowest BCUT2D eigenvalue weighted by atomic mass is 10.5. The molecule has 0 heterocycles. The number of rotatable bonds is 3. The van der Waals surface area contributed by atoms with Gasteiger partial charge in [-0.15, -0.1) is 5.10 Å². The Bertz CT molecular complexity index is 278. The summed E-state index contributed by atoms with van der Waals surface area (Å²) in [6, 6.07) is 0. The van der Waals surface area contributed by atoms with Crippen molar-refractivity contribution in [2.24, 2.45) is 26.8 Å². The Morgan fingerprint density at radius 3 is 2.57 bits per heavy atom. The fraction of sp³-hybridized carbons (Fsp3) is 0.333. The molecule has 0 aliphatic carbocycles. The van der Waals surface area contributed by atoms with Crippen LogP contribution in [0.4, 0.5) is 0 Å². The first kappa shape index (κ1) is 12.8. The van der Waals surface area contributed by atoms with Gasteiger partial charge in [-0.2, -0.15) is 10.2 Å². The second-order valence-electron chi connectivity index (χ2n) is 2.13. The molecule has 0 rings (SSSR count). The number of thiocarbonyl (C=S) groups is 1. The summed E-state index contributed by atoms with van der Waals surface area (Å²) < 4.78 is 0.580. The lowest BCUT2D eigenvalue weighted by Crippen LogP contribution is -2.22. The molecule has 0 unspecified atom stereocenters. The second kappa shape index (κ2) is 7.27. The smallest absolute Gasteiger partial charge is 0.211 e. The number of thioether (sulfide) groups is 1. The summed E-state index contributed by atoms with van der Waals surface area (Å²) in [5.74, 6) is -0.0923. The molecule has 0 aliphatic heterocycles. The van der Waals surface area contributed by atoms with E-state index in [1.54, 1.807) is 6.92 Å². The first-order chi connectivity index (χ1) is 6.56. The van der Waals surface area contributed by atoms with Crippen molar-refractivity contribution in [1.82, 2.24) is 5.43 Å². The Morgan fingerprint density at radius 2 is 2.07 bits per heavy atom. The van der Waals surface area contributed by atoms with Gasteiger partial charge in [-0.1, -0.05) is 24.0 Å². The number of hydrogen-bond acceptors (Lipinski definition) is 5. The third-order valence-electron chi connectivity index (χ3n) is 0.916. The van der Waals surface area contributed by atoms with Gasteiger partial charge in [0.1, 0.15) is 0 Å². The van der Waals surface area contributed by atoms with E-state index >= 15 is 0 Å². The second-order valence-corrected chi connectivity index (χ2v) is 3.61. The molecular formula is C6H12N6S2. The van der Waals surface area contributed by atoms with Gasteiger partial charge in [0.15, 0.2) is 4.32 Å². The standard InChI is InChI=1S/C6H12N6S2/c1-4(10-11-5(7)8)3-9-12-6(13)14-2/h3H,1-2H3,(H,12,13)(H4,7,8,11)/b9-3+,10-4+. The van der Waals surface area contributed by atoms with E-state index in [1.165, 1.54) is 18.0 Å². The van der Waals surface area contributed by atoms with E-state index in [9.17, 15) is 0 Å². The maximum Gasteiger partial charge on any atom is 0.211 e. The van der Waals surface area contributed by atoms with Crippen LogP contribution < -0.4 is 16.9 Å². The highest BCUT2D eigenvalue weighted by molar-refractivity contribution is 8.22. The van der Waals surface area contributed by atoms with E-state index in [-0.39, 0.29) is 5.96 Å². The molecule has 0 spiro atoms. The van der Waals surface area contributed by atoms with Gasteiger partial charge >= 0.3 is 0 Å². The highest BCUT2D eigenvalue weighted by Crippen LogP contribution is 1.92. The van der Waals surface area contributed by atoms with Gasteiger partial charge in [-0.3, -0.25) is 5.43 Å². The first-order valence-corrected chi connectivity index (χ1v) is 5.19. The normalized spacial score (nSPS) is 11.4. The van der Waals surface area contributed by atoms with Crippen LogP contribution in [0.5, 0.6) is 0 Å². The lowest BCUT2D eigenvalue weighted by Gasteiger charge is -1.95. The summed E-state index contributed by atoms with van der Waals surface area (Å²) in [4.78, 5) is 0. The SMILES string of the molecule is CSC(=S)N/N=C/C(C)=N/N=C(N)N. The molecule has 0 fully saturated rings. The average Bonchev–Trinajstić information content (AvgIpc) is 2.14. The number of nitrogens with zero attached hydrogens (tertiary/aromatic N) is 3. The van der Waals surface area contributed by atoms with Crippen LogP contribution in [0.3, 0.4) is 0 Å². The molecule has 5 N–H and O–H groups in total. The number of guanidine groups is 1. The Morgan fingerprint density at radius 1 is 1.43 bits per heavy atom.